The van der Waals surface area contributed by atoms with Crippen molar-refractivity contribution >= 4 is 5.95 Å². The number of nitrogens with zero attached hydrogens (tertiary/aromatic N) is 3. The highest BCUT2D eigenvalue weighted by molar-refractivity contribution is 5.34. The fourth-order valence-corrected chi connectivity index (χ4v) is 3.76. The van der Waals surface area contributed by atoms with Crippen molar-refractivity contribution in [1.29, 1.82) is 0 Å². The van der Waals surface area contributed by atoms with E-state index in [2.05, 4.69) is 21.7 Å². The van der Waals surface area contributed by atoms with Gasteiger partial charge in [-0.2, -0.15) is 0 Å². The Balaban J connectivity index is 1.50. The third-order valence-corrected chi connectivity index (χ3v) is 5.39. The van der Waals surface area contributed by atoms with Gasteiger partial charge in [-0.25, -0.2) is 4.98 Å². The third-order valence-electron chi connectivity index (χ3n) is 5.39. The van der Waals surface area contributed by atoms with E-state index in [0.717, 1.165) is 80.1 Å². The SMILES string of the molecule is Cc1ccc(CN2CCc3nc(N4CCC(C)CC4)[nH]c(=O)c3C2)o1. The Morgan fingerprint density at radius 3 is 2.80 bits per heavy atom. The summed E-state index contributed by atoms with van der Waals surface area (Å²) in [5, 5.41) is 0. The van der Waals surface area contributed by atoms with E-state index < -0.39 is 0 Å². The summed E-state index contributed by atoms with van der Waals surface area (Å²) in [6.07, 6.45) is 3.14. The van der Waals surface area contributed by atoms with Crippen LogP contribution in [0.3, 0.4) is 0 Å². The predicted octanol–water partition coefficient (Wildman–Crippen LogP) is 2.47. The van der Waals surface area contributed by atoms with Gasteiger partial charge in [-0.1, -0.05) is 6.92 Å². The minimum Gasteiger partial charge on any atom is -0.465 e. The molecule has 0 aliphatic carbocycles. The maximum Gasteiger partial charge on any atom is 0.257 e. The molecular weight excluding hydrogens is 316 g/mol. The van der Waals surface area contributed by atoms with Crippen molar-refractivity contribution in [2.75, 3.05) is 24.5 Å². The summed E-state index contributed by atoms with van der Waals surface area (Å²) >= 11 is 0. The van der Waals surface area contributed by atoms with Crippen molar-refractivity contribution in [3.63, 3.8) is 0 Å². The second kappa shape index (κ2) is 6.67. The van der Waals surface area contributed by atoms with E-state index in [4.69, 9.17) is 9.40 Å². The van der Waals surface area contributed by atoms with E-state index in [-0.39, 0.29) is 5.56 Å². The van der Waals surface area contributed by atoms with Gasteiger partial charge in [0.15, 0.2) is 0 Å². The van der Waals surface area contributed by atoms with Gasteiger partial charge in [0, 0.05) is 32.6 Å². The largest absolute Gasteiger partial charge is 0.465 e. The standard InChI is InChI=1S/C19H26N4O2/c1-13-5-9-23(10-6-13)19-20-17-7-8-22(12-16(17)18(24)21-19)11-15-4-3-14(2)25-15/h3-4,13H,5-12H2,1-2H3,(H,20,21,24). The first-order valence-electron chi connectivity index (χ1n) is 9.23. The zero-order valence-corrected chi connectivity index (χ0v) is 15.0. The molecule has 4 heterocycles. The Kier molecular flexibility index (Phi) is 4.37. The first-order valence-corrected chi connectivity index (χ1v) is 9.23. The van der Waals surface area contributed by atoms with Crippen LogP contribution in [0.15, 0.2) is 21.3 Å². The summed E-state index contributed by atoms with van der Waals surface area (Å²) in [5.41, 5.74) is 1.78. The lowest BCUT2D eigenvalue weighted by atomic mass is 9.99. The van der Waals surface area contributed by atoms with Crippen molar-refractivity contribution in [2.24, 2.45) is 5.92 Å². The number of piperidine rings is 1. The van der Waals surface area contributed by atoms with Gasteiger partial charge in [0.1, 0.15) is 11.5 Å². The molecule has 2 aliphatic rings. The smallest absolute Gasteiger partial charge is 0.257 e. The average Bonchev–Trinajstić information content (AvgIpc) is 3.01. The number of anilines is 1. The van der Waals surface area contributed by atoms with E-state index in [0.29, 0.717) is 6.54 Å². The summed E-state index contributed by atoms with van der Waals surface area (Å²) < 4.78 is 5.66. The Hall–Kier alpha value is -2.08. The molecule has 0 amide bonds. The molecule has 4 rings (SSSR count). The molecule has 0 aromatic carbocycles. The maximum atomic E-state index is 12.6. The van der Waals surface area contributed by atoms with Gasteiger partial charge in [0.25, 0.3) is 5.56 Å². The second-order valence-corrected chi connectivity index (χ2v) is 7.46. The summed E-state index contributed by atoms with van der Waals surface area (Å²) in [7, 11) is 0. The Morgan fingerprint density at radius 1 is 1.28 bits per heavy atom. The number of nitrogens with one attached hydrogen (secondary N) is 1. The molecule has 2 aromatic rings. The number of H-pyrrole nitrogens is 1. The van der Waals surface area contributed by atoms with Gasteiger partial charge in [-0.3, -0.25) is 14.7 Å². The molecule has 0 unspecified atom stereocenters. The molecule has 1 N–H and O–H groups in total. The molecule has 1 saturated heterocycles. The van der Waals surface area contributed by atoms with E-state index >= 15 is 0 Å². The fourth-order valence-electron chi connectivity index (χ4n) is 3.76. The zero-order chi connectivity index (χ0) is 17.4. The molecule has 0 spiro atoms. The van der Waals surface area contributed by atoms with E-state index in [1.807, 2.05) is 19.1 Å². The predicted molar refractivity (Wildman–Crippen MR) is 96.7 cm³/mol. The van der Waals surface area contributed by atoms with Crippen LogP contribution in [0.5, 0.6) is 0 Å². The highest BCUT2D eigenvalue weighted by Crippen LogP contribution is 2.22. The molecule has 6 heteroatoms. The number of aryl methyl sites for hydroxylation is 1. The minimum absolute atomic E-state index is 0.0129. The number of aromatic amines is 1. The molecular formula is C19H26N4O2. The van der Waals surface area contributed by atoms with Crippen molar-refractivity contribution in [3.8, 4) is 0 Å². The van der Waals surface area contributed by atoms with Gasteiger partial charge in [0.2, 0.25) is 5.95 Å². The highest BCUT2D eigenvalue weighted by atomic mass is 16.3. The van der Waals surface area contributed by atoms with E-state index in [9.17, 15) is 4.79 Å². The number of furan rings is 1. The topological polar surface area (TPSA) is 65.4 Å². The van der Waals surface area contributed by atoms with Crippen molar-refractivity contribution < 1.29 is 4.42 Å². The van der Waals surface area contributed by atoms with Gasteiger partial charge < -0.3 is 9.32 Å². The van der Waals surface area contributed by atoms with Crippen molar-refractivity contribution in [3.05, 3.63) is 45.3 Å². The van der Waals surface area contributed by atoms with Crippen LogP contribution < -0.4 is 10.5 Å². The van der Waals surface area contributed by atoms with Gasteiger partial charge in [-0.15, -0.1) is 0 Å². The van der Waals surface area contributed by atoms with Crippen LogP contribution in [-0.4, -0.2) is 34.5 Å². The Morgan fingerprint density at radius 2 is 2.08 bits per heavy atom. The van der Waals surface area contributed by atoms with Crippen LogP contribution in [0, 0.1) is 12.8 Å². The lowest BCUT2D eigenvalue weighted by Crippen LogP contribution is -2.39. The van der Waals surface area contributed by atoms with Gasteiger partial charge in [0.05, 0.1) is 17.8 Å². The molecule has 0 radical (unpaired) electrons. The molecule has 0 saturated carbocycles. The van der Waals surface area contributed by atoms with E-state index in [1.165, 1.54) is 0 Å². The number of fused-ring (bicyclic) bond motifs is 1. The Bertz CT molecular complexity index is 802. The van der Waals surface area contributed by atoms with Crippen molar-refractivity contribution in [2.45, 2.75) is 46.2 Å². The molecule has 0 atom stereocenters. The number of hydrogen-bond acceptors (Lipinski definition) is 5. The molecule has 2 aliphatic heterocycles. The van der Waals surface area contributed by atoms with Crippen LogP contribution in [0.25, 0.3) is 0 Å². The quantitative estimate of drug-likeness (QED) is 0.928. The summed E-state index contributed by atoms with van der Waals surface area (Å²) in [4.78, 5) is 24.9. The number of hydrogen-bond donors (Lipinski definition) is 1. The van der Waals surface area contributed by atoms with Crippen molar-refractivity contribution in [1.82, 2.24) is 14.9 Å². The zero-order valence-electron chi connectivity index (χ0n) is 15.0. The van der Waals surface area contributed by atoms with Crippen LogP contribution >= 0.6 is 0 Å². The monoisotopic (exact) mass is 342 g/mol. The van der Waals surface area contributed by atoms with Gasteiger partial charge in [-0.05, 0) is 37.8 Å². The Labute approximate surface area is 147 Å². The molecule has 25 heavy (non-hydrogen) atoms. The molecule has 2 aromatic heterocycles. The van der Waals surface area contributed by atoms with Crippen LogP contribution in [-0.2, 0) is 19.5 Å². The first kappa shape index (κ1) is 16.4. The van der Waals surface area contributed by atoms with Crippen LogP contribution in [0.1, 0.15) is 42.5 Å². The van der Waals surface area contributed by atoms with E-state index in [1.54, 1.807) is 0 Å². The average molecular weight is 342 g/mol. The summed E-state index contributed by atoms with van der Waals surface area (Å²) in [6, 6.07) is 3.99. The fraction of sp³-hybridized carbons (Fsp3) is 0.579. The molecule has 1 fully saturated rings. The summed E-state index contributed by atoms with van der Waals surface area (Å²) in [5.74, 6) is 3.39. The van der Waals surface area contributed by atoms with Crippen LogP contribution in [0.2, 0.25) is 0 Å². The lowest BCUT2D eigenvalue weighted by molar-refractivity contribution is 0.221. The van der Waals surface area contributed by atoms with Gasteiger partial charge >= 0.3 is 0 Å². The molecule has 0 bridgehead atoms. The normalized spacial score (nSPS) is 19.2. The lowest BCUT2D eigenvalue weighted by Gasteiger charge is -2.32. The minimum atomic E-state index is 0.0129. The molecule has 6 nitrogen and oxygen atoms in total. The number of rotatable bonds is 3. The maximum absolute atomic E-state index is 12.6. The second-order valence-electron chi connectivity index (χ2n) is 7.46. The molecule has 134 valence electrons. The highest BCUT2D eigenvalue weighted by Gasteiger charge is 2.24. The first-order chi connectivity index (χ1) is 12.1. The number of aromatic nitrogens is 2. The van der Waals surface area contributed by atoms with Crippen LogP contribution in [0.4, 0.5) is 5.95 Å². The summed E-state index contributed by atoms with van der Waals surface area (Å²) in [6.45, 7) is 8.47. The third kappa shape index (κ3) is 3.49.